The van der Waals surface area contributed by atoms with Gasteiger partial charge in [0, 0.05) is 12.0 Å². The van der Waals surface area contributed by atoms with Gasteiger partial charge in [0.2, 0.25) is 0 Å². The van der Waals surface area contributed by atoms with E-state index in [2.05, 4.69) is 62.1 Å². The minimum Gasteiger partial charge on any atom is -0.494 e. The summed E-state index contributed by atoms with van der Waals surface area (Å²) in [6, 6.07) is 17.6. The SMILES string of the molecule is CCCOc1ccc(C#CCCC2CCC(c3ccc(CCC)cc3)CC2)cc1. The Hall–Kier alpha value is -2.20. The van der Waals surface area contributed by atoms with Gasteiger partial charge in [0.15, 0.2) is 0 Å². The molecule has 1 aliphatic rings. The molecule has 0 radical (unpaired) electrons. The van der Waals surface area contributed by atoms with Crippen molar-refractivity contribution in [2.24, 2.45) is 5.92 Å². The average Bonchev–Trinajstić information content (AvgIpc) is 2.77. The maximum Gasteiger partial charge on any atom is 0.119 e. The highest BCUT2D eigenvalue weighted by Gasteiger charge is 2.21. The second-order valence-electron chi connectivity index (χ2n) is 8.42. The summed E-state index contributed by atoms with van der Waals surface area (Å²) >= 11 is 0. The summed E-state index contributed by atoms with van der Waals surface area (Å²) in [7, 11) is 0. The van der Waals surface area contributed by atoms with Gasteiger partial charge in [0.1, 0.15) is 5.75 Å². The first-order chi connectivity index (χ1) is 14.3. The van der Waals surface area contributed by atoms with Crippen LogP contribution in [-0.4, -0.2) is 6.61 Å². The molecule has 29 heavy (non-hydrogen) atoms. The van der Waals surface area contributed by atoms with Crippen molar-refractivity contribution in [3.05, 3.63) is 65.2 Å². The van der Waals surface area contributed by atoms with Crippen molar-refractivity contribution in [2.75, 3.05) is 6.61 Å². The van der Waals surface area contributed by atoms with Gasteiger partial charge >= 0.3 is 0 Å². The Morgan fingerprint density at radius 3 is 2.24 bits per heavy atom. The molecule has 1 heteroatoms. The molecule has 3 rings (SSSR count). The largest absolute Gasteiger partial charge is 0.494 e. The van der Waals surface area contributed by atoms with Crippen LogP contribution in [0.2, 0.25) is 0 Å². The molecule has 0 aromatic heterocycles. The lowest BCUT2D eigenvalue weighted by Gasteiger charge is -2.28. The minimum absolute atomic E-state index is 0.765. The molecular formula is C28H36O. The van der Waals surface area contributed by atoms with Gasteiger partial charge in [-0.2, -0.15) is 0 Å². The van der Waals surface area contributed by atoms with Crippen molar-refractivity contribution in [3.63, 3.8) is 0 Å². The molecule has 2 aromatic rings. The predicted octanol–water partition coefficient (Wildman–Crippen LogP) is 7.53. The fourth-order valence-electron chi connectivity index (χ4n) is 4.32. The zero-order valence-corrected chi connectivity index (χ0v) is 18.3. The van der Waals surface area contributed by atoms with Crippen LogP contribution in [0.3, 0.4) is 0 Å². The molecule has 1 saturated carbocycles. The third-order valence-electron chi connectivity index (χ3n) is 6.07. The Bertz CT molecular complexity index is 768. The van der Waals surface area contributed by atoms with E-state index in [4.69, 9.17) is 4.74 Å². The Balaban J connectivity index is 1.38. The number of aryl methyl sites for hydroxylation is 1. The van der Waals surface area contributed by atoms with E-state index in [9.17, 15) is 0 Å². The summed E-state index contributed by atoms with van der Waals surface area (Å²) < 4.78 is 5.62. The van der Waals surface area contributed by atoms with Crippen LogP contribution in [0.4, 0.5) is 0 Å². The first kappa shape index (κ1) is 21.5. The summed E-state index contributed by atoms with van der Waals surface area (Å²) in [6.45, 7) is 5.15. The molecule has 0 amide bonds. The molecule has 1 nitrogen and oxygen atoms in total. The van der Waals surface area contributed by atoms with Crippen molar-refractivity contribution >= 4 is 0 Å². The monoisotopic (exact) mass is 388 g/mol. The lowest BCUT2D eigenvalue weighted by atomic mass is 9.77. The number of hydrogen-bond donors (Lipinski definition) is 0. The van der Waals surface area contributed by atoms with E-state index in [1.807, 2.05) is 12.1 Å². The predicted molar refractivity (Wildman–Crippen MR) is 123 cm³/mol. The van der Waals surface area contributed by atoms with Gasteiger partial charge < -0.3 is 4.74 Å². The van der Waals surface area contributed by atoms with E-state index < -0.39 is 0 Å². The van der Waals surface area contributed by atoms with Crippen LogP contribution >= 0.6 is 0 Å². The standard InChI is InChI=1S/C28H36O/c1-3-7-23-10-16-26(17-11-23)27-18-12-24(13-19-27)8-5-6-9-25-14-20-28(21-15-25)29-22-4-2/h10-11,14-17,20-21,24,27H,3-5,7-8,12-13,18-19,22H2,1-2H3. The average molecular weight is 389 g/mol. The fourth-order valence-corrected chi connectivity index (χ4v) is 4.32. The lowest BCUT2D eigenvalue weighted by Crippen LogP contribution is -2.13. The Morgan fingerprint density at radius 1 is 0.862 bits per heavy atom. The molecule has 0 N–H and O–H groups in total. The van der Waals surface area contributed by atoms with E-state index in [1.165, 1.54) is 50.5 Å². The molecule has 0 saturated heterocycles. The van der Waals surface area contributed by atoms with Crippen molar-refractivity contribution < 1.29 is 4.74 Å². The van der Waals surface area contributed by atoms with Crippen LogP contribution in [0.15, 0.2) is 48.5 Å². The van der Waals surface area contributed by atoms with Crippen LogP contribution in [0.25, 0.3) is 0 Å². The molecule has 0 bridgehead atoms. The Labute approximate surface area is 177 Å². The third-order valence-corrected chi connectivity index (χ3v) is 6.07. The fraction of sp³-hybridized carbons (Fsp3) is 0.500. The van der Waals surface area contributed by atoms with E-state index >= 15 is 0 Å². The van der Waals surface area contributed by atoms with Crippen LogP contribution in [0.1, 0.15) is 87.8 Å². The van der Waals surface area contributed by atoms with Crippen LogP contribution < -0.4 is 4.74 Å². The number of rotatable bonds is 8. The molecule has 1 fully saturated rings. The Morgan fingerprint density at radius 2 is 1.59 bits per heavy atom. The molecule has 0 aliphatic heterocycles. The molecular weight excluding hydrogens is 352 g/mol. The van der Waals surface area contributed by atoms with Gasteiger partial charge in [-0.25, -0.2) is 0 Å². The molecule has 0 atom stereocenters. The van der Waals surface area contributed by atoms with Gasteiger partial charge in [-0.1, -0.05) is 56.4 Å². The minimum atomic E-state index is 0.765. The zero-order valence-electron chi connectivity index (χ0n) is 18.3. The lowest BCUT2D eigenvalue weighted by molar-refractivity contribution is 0.313. The van der Waals surface area contributed by atoms with E-state index in [0.29, 0.717) is 0 Å². The topological polar surface area (TPSA) is 9.23 Å². The van der Waals surface area contributed by atoms with Crippen LogP contribution in [-0.2, 0) is 6.42 Å². The van der Waals surface area contributed by atoms with Crippen molar-refractivity contribution in [2.45, 2.75) is 77.6 Å². The van der Waals surface area contributed by atoms with Gasteiger partial charge in [0.05, 0.1) is 6.61 Å². The first-order valence-corrected chi connectivity index (χ1v) is 11.6. The van der Waals surface area contributed by atoms with E-state index in [0.717, 1.165) is 42.6 Å². The van der Waals surface area contributed by atoms with Crippen molar-refractivity contribution in [1.29, 1.82) is 0 Å². The zero-order chi connectivity index (χ0) is 20.3. The smallest absolute Gasteiger partial charge is 0.119 e. The highest BCUT2D eigenvalue weighted by atomic mass is 16.5. The summed E-state index contributed by atoms with van der Waals surface area (Å²) in [5, 5.41) is 0. The van der Waals surface area contributed by atoms with Gasteiger partial charge in [0.25, 0.3) is 0 Å². The molecule has 0 spiro atoms. The first-order valence-electron chi connectivity index (χ1n) is 11.6. The highest BCUT2D eigenvalue weighted by molar-refractivity contribution is 5.38. The van der Waals surface area contributed by atoms with Crippen LogP contribution in [0.5, 0.6) is 5.75 Å². The summed E-state index contributed by atoms with van der Waals surface area (Å²) in [4.78, 5) is 0. The van der Waals surface area contributed by atoms with Gasteiger partial charge in [-0.3, -0.25) is 0 Å². The van der Waals surface area contributed by atoms with Crippen molar-refractivity contribution in [3.8, 4) is 17.6 Å². The van der Waals surface area contributed by atoms with E-state index in [-0.39, 0.29) is 0 Å². The second-order valence-corrected chi connectivity index (χ2v) is 8.42. The molecule has 1 aliphatic carbocycles. The molecule has 2 aromatic carbocycles. The summed E-state index contributed by atoms with van der Waals surface area (Å²) in [6.07, 6.45) is 11.1. The second kappa shape index (κ2) is 11.7. The summed E-state index contributed by atoms with van der Waals surface area (Å²) in [5.41, 5.74) is 4.12. The van der Waals surface area contributed by atoms with Crippen LogP contribution in [0, 0.1) is 17.8 Å². The van der Waals surface area contributed by atoms with Gasteiger partial charge in [-0.05, 0) is 92.2 Å². The molecule has 0 unspecified atom stereocenters. The third kappa shape index (κ3) is 6.97. The quantitative estimate of drug-likeness (QED) is 0.425. The Kier molecular flexibility index (Phi) is 8.69. The van der Waals surface area contributed by atoms with E-state index in [1.54, 1.807) is 5.56 Å². The number of benzene rings is 2. The number of hydrogen-bond acceptors (Lipinski definition) is 1. The maximum absolute atomic E-state index is 5.62. The maximum atomic E-state index is 5.62. The highest BCUT2D eigenvalue weighted by Crippen LogP contribution is 2.37. The molecule has 154 valence electrons. The normalized spacial score (nSPS) is 18.7. The number of ether oxygens (including phenoxy) is 1. The van der Waals surface area contributed by atoms with Gasteiger partial charge in [-0.15, -0.1) is 0 Å². The summed E-state index contributed by atoms with van der Waals surface area (Å²) in [5.74, 6) is 9.25. The van der Waals surface area contributed by atoms with Crippen molar-refractivity contribution in [1.82, 2.24) is 0 Å². The molecule has 0 heterocycles.